The van der Waals surface area contributed by atoms with E-state index in [2.05, 4.69) is 15.9 Å². The van der Waals surface area contributed by atoms with Crippen molar-refractivity contribution < 1.29 is 9.18 Å². The Kier molecular flexibility index (Phi) is 2.24. The van der Waals surface area contributed by atoms with Crippen LogP contribution in [0.2, 0.25) is 0 Å². The average molecular weight is 218 g/mol. The molecular weight excluding hydrogens is 213 g/mol. The lowest BCUT2D eigenvalue weighted by molar-refractivity contribution is 0.112. The molecule has 0 aliphatic heterocycles. The maximum Gasteiger partial charge on any atom is 0.160 e. The normalized spacial score (nSPS) is 9.64. The van der Waals surface area contributed by atoms with Crippen LogP contribution in [0, 0.1) is 5.82 Å². The smallest absolute Gasteiger partial charge is 0.160 e. The molecule has 4 heteroatoms. The van der Waals surface area contributed by atoms with Crippen molar-refractivity contribution in [2.45, 2.75) is 0 Å². The molecule has 0 aromatic heterocycles. The van der Waals surface area contributed by atoms with Gasteiger partial charge in [-0.3, -0.25) is 4.79 Å². The molecule has 0 radical (unpaired) electrons. The van der Waals surface area contributed by atoms with E-state index >= 15 is 0 Å². The second-order valence-electron chi connectivity index (χ2n) is 2.02. The summed E-state index contributed by atoms with van der Waals surface area (Å²) < 4.78 is 13.0. The minimum Gasteiger partial charge on any atom is -0.396 e. The topological polar surface area (TPSA) is 43.1 Å². The first kappa shape index (κ1) is 8.20. The second-order valence-corrected chi connectivity index (χ2v) is 2.88. The molecule has 0 saturated carbocycles. The van der Waals surface area contributed by atoms with Crippen molar-refractivity contribution in [3.8, 4) is 0 Å². The van der Waals surface area contributed by atoms with Gasteiger partial charge in [-0.25, -0.2) is 4.39 Å². The zero-order valence-electron chi connectivity index (χ0n) is 5.47. The maximum absolute atomic E-state index is 12.8. The molecule has 2 N–H and O–H groups in total. The van der Waals surface area contributed by atoms with E-state index < -0.39 is 5.82 Å². The monoisotopic (exact) mass is 217 g/mol. The fraction of sp³-hybridized carbons (Fsp3) is 0. The van der Waals surface area contributed by atoms with Crippen LogP contribution in [0.25, 0.3) is 0 Å². The lowest BCUT2D eigenvalue weighted by atomic mass is 10.2. The fourth-order valence-corrected chi connectivity index (χ4v) is 1.19. The number of halogens is 2. The summed E-state index contributed by atoms with van der Waals surface area (Å²) in [6.07, 6.45) is 0.612. The molecule has 0 atom stereocenters. The van der Waals surface area contributed by atoms with Gasteiger partial charge in [-0.05, 0) is 28.1 Å². The Balaban J connectivity index is 3.31. The number of benzene rings is 1. The third-order valence-electron chi connectivity index (χ3n) is 1.21. The number of hydrogen-bond donors (Lipinski definition) is 1. The molecule has 2 nitrogen and oxygen atoms in total. The molecule has 0 spiro atoms. The van der Waals surface area contributed by atoms with Crippen molar-refractivity contribution in [2.24, 2.45) is 0 Å². The van der Waals surface area contributed by atoms with Crippen LogP contribution in [0.15, 0.2) is 16.6 Å². The maximum atomic E-state index is 12.8. The van der Waals surface area contributed by atoms with Crippen LogP contribution in [0.5, 0.6) is 0 Å². The number of aldehydes is 1. The van der Waals surface area contributed by atoms with E-state index in [-0.39, 0.29) is 10.2 Å². The Bertz CT molecular complexity index is 277. The zero-order chi connectivity index (χ0) is 8.43. The number of anilines is 1. The first-order chi connectivity index (χ1) is 5.15. The number of nitrogen functional groups attached to an aromatic ring is 1. The van der Waals surface area contributed by atoms with Crippen LogP contribution in [-0.4, -0.2) is 6.29 Å². The summed E-state index contributed by atoms with van der Waals surface area (Å²) in [4.78, 5) is 10.2. The van der Waals surface area contributed by atoms with Gasteiger partial charge in [-0.1, -0.05) is 0 Å². The predicted octanol–water partition coefficient (Wildman–Crippen LogP) is 1.98. The summed E-state index contributed by atoms with van der Waals surface area (Å²) >= 11 is 2.92. The van der Waals surface area contributed by atoms with Gasteiger partial charge in [0.1, 0.15) is 6.29 Å². The highest BCUT2D eigenvalue weighted by atomic mass is 79.9. The number of nitrogens with two attached hydrogens (primary N) is 1. The van der Waals surface area contributed by atoms with Gasteiger partial charge in [-0.2, -0.15) is 0 Å². The quantitative estimate of drug-likeness (QED) is 0.578. The number of carbonyl (C=O) groups is 1. The van der Waals surface area contributed by atoms with Crippen molar-refractivity contribution in [1.29, 1.82) is 0 Å². The Hall–Kier alpha value is -0.900. The van der Waals surface area contributed by atoms with Crippen LogP contribution in [-0.2, 0) is 0 Å². The summed E-state index contributed by atoms with van der Waals surface area (Å²) in [5.74, 6) is -0.532. The molecule has 0 heterocycles. The molecule has 0 amide bonds. The minimum atomic E-state index is -0.532. The molecule has 0 aliphatic rings. The lowest BCUT2D eigenvalue weighted by Gasteiger charge is -1.99. The van der Waals surface area contributed by atoms with Crippen LogP contribution >= 0.6 is 15.9 Å². The van der Waals surface area contributed by atoms with Crippen molar-refractivity contribution in [1.82, 2.24) is 0 Å². The molecule has 1 aromatic rings. The molecule has 0 bridgehead atoms. The van der Waals surface area contributed by atoms with Crippen LogP contribution < -0.4 is 5.73 Å². The van der Waals surface area contributed by atoms with E-state index in [4.69, 9.17) is 5.73 Å². The van der Waals surface area contributed by atoms with Crippen molar-refractivity contribution in [2.75, 3.05) is 5.73 Å². The molecule has 0 unspecified atom stereocenters. The molecule has 1 rings (SSSR count). The van der Waals surface area contributed by atoms with Crippen LogP contribution in [0.4, 0.5) is 10.1 Å². The third kappa shape index (κ3) is 1.57. The third-order valence-corrected chi connectivity index (χ3v) is 1.79. The first-order valence-electron chi connectivity index (χ1n) is 2.85. The molecule has 0 aliphatic carbocycles. The highest BCUT2D eigenvalue weighted by Gasteiger charge is 2.04. The van der Waals surface area contributed by atoms with E-state index in [1.807, 2.05) is 0 Å². The van der Waals surface area contributed by atoms with Gasteiger partial charge in [-0.15, -0.1) is 0 Å². The van der Waals surface area contributed by atoms with Crippen molar-refractivity contribution in [3.05, 3.63) is 28.0 Å². The van der Waals surface area contributed by atoms with Crippen molar-refractivity contribution in [3.63, 3.8) is 0 Å². The molecule has 11 heavy (non-hydrogen) atoms. The van der Waals surface area contributed by atoms with Gasteiger partial charge < -0.3 is 5.73 Å². The van der Waals surface area contributed by atoms with Gasteiger partial charge in [0.25, 0.3) is 0 Å². The minimum absolute atomic E-state index is 0.0264. The summed E-state index contributed by atoms with van der Waals surface area (Å²) in [5, 5.41) is 0. The van der Waals surface area contributed by atoms with E-state index in [9.17, 15) is 9.18 Å². The van der Waals surface area contributed by atoms with Crippen LogP contribution in [0.3, 0.4) is 0 Å². The predicted molar refractivity (Wildman–Crippen MR) is 43.9 cm³/mol. The van der Waals surface area contributed by atoms with Gasteiger partial charge in [0.05, 0.1) is 10.2 Å². The second kappa shape index (κ2) is 3.00. The summed E-state index contributed by atoms with van der Waals surface area (Å²) in [5.41, 5.74) is 5.56. The largest absolute Gasteiger partial charge is 0.396 e. The van der Waals surface area contributed by atoms with E-state index in [1.54, 1.807) is 0 Å². The first-order valence-corrected chi connectivity index (χ1v) is 3.64. The average Bonchev–Trinajstić information content (AvgIpc) is 1.99. The lowest BCUT2D eigenvalue weighted by Crippen LogP contribution is -1.93. The Morgan fingerprint density at radius 2 is 2.18 bits per heavy atom. The molecule has 0 fully saturated rings. The molecule has 0 saturated heterocycles. The van der Waals surface area contributed by atoms with Crippen LogP contribution in [0.1, 0.15) is 10.4 Å². The highest BCUT2D eigenvalue weighted by molar-refractivity contribution is 9.10. The summed E-state index contributed by atoms with van der Waals surface area (Å²) in [6.45, 7) is 0. The molecular formula is C7H5BrFNO. The van der Waals surface area contributed by atoms with Gasteiger partial charge in [0, 0.05) is 5.56 Å². The van der Waals surface area contributed by atoms with Gasteiger partial charge in [0.2, 0.25) is 0 Å². The van der Waals surface area contributed by atoms with E-state index in [0.29, 0.717) is 11.8 Å². The Morgan fingerprint density at radius 3 is 2.64 bits per heavy atom. The number of rotatable bonds is 1. The Morgan fingerprint density at radius 1 is 1.55 bits per heavy atom. The summed E-state index contributed by atoms with van der Waals surface area (Å²) in [6, 6.07) is 2.66. The van der Waals surface area contributed by atoms with Crippen molar-refractivity contribution >= 4 is 27.9 Å². The van der Waals surface area contributed by atoms with Gasteiger partial charge in [0.15, 0.2) is 5.82 Å². The standard InChI is InChI=1S/C7H5BrFNO/c8-5-1-4(3-11)2-6(10)7(5)9/h1-3H,10H2. The van der Waals surface area contributed by atoms with Gasteiger partial charge >= 0.3 is 0 Å². The number of hydrogen-bond acceptors (Lipinski definition) is 2. The fourth-order valence-electron chi connectivity index (χ4n) is 0.700. The highest BCUT2D eigenvalue weighted by Crippen LogP contribution is 2.21. The molecule has 1 aromatic carbocycles. The summed E-state index contributed by atoms with van der Waals surface area (Å²) in [7, 11) is 0. The number of carbonyl (C=O) groups excluding carboxylic acids is 1. The molecule has 58 valence electrons. The van der Waals surface area contributed by atoms with E-state index in [0.717, 1.165) is 0 Å². The Labute approximate surface area is 71.3 Å². The SMILES string of the molecule is Nc1cc(C=O)cc(Br)c1F. The zero-order valence-corrected chi connectivity index (χ0v) is 7.06. The van der Waals surface area contributed by atoms with E-state index in [1.165, 1.54) is 12.1 Å².